The second kappa shape index (κ2) is 18.4. The van der Waals surface area contributed by atoms with Gasteiger partial charge >= 0.3 is 12.1 Å². The molecule has 40 heavy (non-hydrogen) atoms. The molecule has 0 fully saturated rings. The van der Waals surface area contributed by atoms with E-state index in [2.05, 4.69) is 17.6 Å². The minimum atomic E-state index is -1.05. The van der Waals surface area contributed by atoms with Gasteiger partial charge in [0.25, 0.3) is 0 Å². The highest BCUT2D eigenvalue weighted by atomic mass is 32.2. The number of unbranched alkanes of at least 4 members (excludes halogenated alkanes) is 3. The maximum absolute atomic E-state index is 14.1. The minimum Gasteiger partial charge on any atom is -0.508 e. The fourth-order valence-electron chi connectivity index (χ4n) is 3.97. The maximum Gasteiger partial charge on any atom is 0.408 e. The molecule has 1 rings (SSSR count). The van der Waals surface area contributed by atoms with E-state index >= 15 is 0 Å². The van der Waals surface area contributed by atoms with Crippen molar-refractivity contribution < 1.29 is 33.8 Å². The normalized spacial score (nSPS) is 12.7. The molecule has 0 aliphatic heterocycles. The summed E-state index contributed by atoms with van der Waals surface area (Å²) in [4.78, 5) is 53.7. The summed E-state index contributed by atoms with van der Waals surface area (Å²) in [5.74, 6) is -0.689. The van der Waals surface area contributed by atoms with Gasteiger partial charge < -0.3 is 30.1 Å². The first-order valence-electron chi connectivity index (χ1n) is 13.9. The van der Waals surface area contributed by atoms with Crippen molar-refractivity contribution in [2.45, 2.75) is 90.8 Å². The third kappa shape index (κ3) is 13.4. The second-order valence-electron chi connectivity index (χ2n) is 10.4. The van der Waals surface area contributed by atoms with E-state index in [0.29, 0.717) is 24.2 Å². The number of nitrogens with one attached hydrogen (secondary N) is 2. The number of amides is 3. The number of carbonyl (C=O) groups is 4. The van der Waals surface area contributed by atoms with Gasteiger partial charge in [0, 0.05) is 13.1 Å². The average Bonchev–Trinajstić information content (AvgIpc) is 2.87. The van der Waals surface area contributed by atoms with Gasteiger partial charge in [0.05, 0.1) is 13.0 Å². The molecular weight excluding hydrogens is 534 g/mol. The van der Waals surface area contributed by atoms with Gasteiger partial charge in [-0.3, -0.25) is 14.4 Å². The number of hydrogen-bond acceptors (Lipinski definition) is 8. The van der Waals surface area contributed by atoms with E-state index in [-0.39, 0.29) is 31.9 Å². The summed E-state index contributed by atoms with van der Waals surface area (Å²) in [6.45, 7) is 9.58. The predicted octanol–water partition coefficient (Wildman–Crippen LogP) is 4.56. The summed E-state index contributed by atoms with van der Waals surface area (Å²) in [6.07, 6.45) is 5.03. The lowest BCUT2D eigenvalue weighted by Gasteiger charge is -2.34. The molecule has 1 aromatic carbocycles. The molecule has 0 saturated carbocycles. The molecule has 0 radical (unpaired) electrons. The molecule has 0 aliphatic carbocycles. The van der Waals surface area contributed by atoms with Crippen LogP contribution in [0, 0.1) is 0 Å². The summed E-state index contributed by atoms with van der Waals surface area (Å²) < 4.78 is 10.4. The highest BCUT2D eigenvalue weighted by Crippen LogP contribution is 2.26. The summed E-state index contributed by atoms with van der Waals surface area (Å²) in [5.41, 5.74) is -0.249. The van der Waals surface area contributed by atoms with Gasteiger partial charge in [-0.25, -0.2) is 4.79 Å². The van der Waals surface area contributed by atoms with Crippen molar-refractivity contribution in [3.05, 3.63) is 29.8 Å². The Labute approximate surface area is 242 Å². The number of alkyl carbamates (subject to hydrolysis) is 1. The number of aromatic hydroxyl groups is 1. The van der Waals surface area contributed by atoms with E-state index in [1.165, 1.54) is 17.0 Å². The summed E-state index contributed by atoms with van der Waals surface area (Å²) in [7, 11) is 0. The van der Waals surface area contributed by atoms with Crippen molar-refractivity contribution in [2.24, 2.45) is 0 Å². The average molecular weight is 582 g/mol. The molecule has 0 heterocycles. The van der Waals surface area contributed by atoms with Crippen molar-refractivity contribution in [1.29, 1.82) is 0 Å². The monoisotopic (exact) mass is 581 g/mol. The zero-order valence-corrected chi connectivity index (χ0v) is 25.6. The molecular formula is C29H47N3O7S. The topological polar surface area (TPSA) is 134 Å². The number of hydrogen-bond donors (Lipinski definition) is 3. The number of nitrogens with zero attached hydrogens (tertiary/aromatic N) is 1. The first-order chi connectivity index (χ1) is 18.9. The Morgan fingerprint density at radius 2 is 1.73 bits per heavy atom. The van der Waals surface area contributed by atoms with Crippen molar-refractivity contribution in [3.8, 4) is 5.75 Å². The Kier molecular flexibility index (Phi) is 16.1. The number of phenolic OH excluding ortho intramolecular Hbond substituents is 1. The van der Waals surface area contributed by atoms with Crippen LogP contribution in [-0.2, 0) is 23.9 Å². The number of carbonyl (C=O) groups excluding carboxylic acids is 4. The summed E-state index contributed by atoms with van der Waals surface area (Å²) in [5, 5.41) is 15.3. The smallest absolute Gasteiger partial charge is 0.408 e. The molecule has 10 nitrogen and oxygen atoms in total. The van der Waals surface area contributed by atoms with E-state index in [1.54, 1.807) is 51.6 Å². The van der Waals surface area contributed by atoms with Gasteiger partial charge in [0.15, 0.2) is 0 Å². The fourth-order valence-corrected chi connectivity index (χ4v) is 4.44. The molecule has 1 aromatic rings. The van der Waals surface area contributed by atoms with Crippen molar-refractivity contribution in [1.82, 2.24) is 15.5 Å². The van der Waals surface area contributed by atoms with E-state index in [9.17, 15) is 24.3 Å². The van der Waals surface area contributed by atoms with Crippen LogP contribution in [0.15, 0.2) is 24.3 Å². The predicted molar refractivity (Wildman–Crippen MR) is 157 cm³/mol. The molecule has 0 aromatic heterocycles. The third-order valence-corrected chi connectivity index (χ3v) is 6.48. The zero-order valence-electron chi connectivity index (χ0n) is 24.8. The van der Waals surface area contributed by atoms with Crippen molar-refractivity contribution in [3.63, 3.8) is 0 Å². The molecule has 3 amide bonds. The fraction of sp³-hybridized carbons (Fsp3) is 0.655. The molecule has 0 saturated heterocycles. The van der Waals surface area contributed by atoms with Crippen molar-refractivity contribution in [2.75, 3.05) is 31.7 Å². The SMILES string of the molecule is CCCCCCN(C(=O)C(CCSC)NC(=O)OC(C)(C)C)C(C(=O)NCCC(=O)OCC)c1ccc(O)cc1. The number of thioether (sulfide) groups is 1. The van der Waals surface area contributed by atoms with Gasteiger partial charge in [0.1, 0.15) is 23.4 Å². The molecule has 0 spiro atoms. The third-order valence-electron chi connectivity index (χ3n) is 5.84. The molecule has 226 valence electrons. The number of ether oxygens (including phenoxy) is 2. The van der Waals surface area contributed by atoms with E-state index in [4.69, 9.17) is 9.47 Å². The highest BCUT2D eigenvalue weighted by molar-refractivity contribution is 7.98. The van der Waals surface area contributed by atoms with Crippen LogP contribution in [0.4, 0.5) is 4.79 Å². The van der Waals surface area contributed by atoms with Gasteiger partial charge in [-0.15, -0.1) is 0 Å². The Morgan fingerprint density at radius 1 is 1.05 bits per heavy atom. The van der Waals surface area contributed by atoms with E-state index < -0.39 is 41.6 Å². The van der Waals surface area contributed by atoms with E-state index in [1.807, 2.05) is 6.26 Å². The van der Waals surface area contributed by atoms with Gasteiger partial charge in [-0.1, -0.05) is 38.3 Å². The maximum atomic E-state index is 14.1. The Hall–Kier alpha value is -2.95. The van der Waals surface area contributed by atoms with Crippen LogP contribution in [0.5, 0.6) is 5.75 Å². The second-order valence-corrected chi connectivity index (χ2v) is 11.4. The molecule has 3 N–H and O–H groups in total. The van der Waals surface area contributed by atoms with Crippen LogP contribution in [0.25, 0.3) is 0 Å². The highest BCUT2D eigenvalue weighted by Gasteiger charge is 2.36. The Balaban J connectivity index is 3.39. The Bertz CT molecular complexity index is 935. The lowest BCUT2D eigenvalue weighted by Crippen LogP contribution is -2.53. The summed E-state index contributed by atoms with van der Waals surface area (Å²) >= 11 is 1.54. The Morgan fingerprint density at radius 3 is 2.30 bits per heavy atom. The number of rotatable bonds is 17. The van der Waals surface area contributed by atoms with Crippen LogP contribution in [-0.4, -0.2) is 77.2 Å². The molecule has 2 unspecified atom stereocenters. The molecule has 0 aliphatic rings. The lowest BCUT2D eigenvalue weighted by molar-refractivity contribution is -0.144. The largest absolute Gasteiger partial charge is 0.508 e. The van der Waals surface area contributed by atoms with Gasteiger partial charge in [-0.2, -0.15) is 11.8 Å². The van der Waals surface area contributed by atoms with Crippen LogP contribution < -0.4 is 10.6 Å². The van der Waals surface area contributed by atoms with Crippen LogP contribution in [0.1, 0.15) is 84.7 Å². The minimum absolute atomic E-state index is 0.0110. The van der Waals surface area contributed by atoms with Gasteiger partial charge in [0.2, 0.25) is 11.8 Å². The molecule has 2 atom stereocenters. The lowest BCUT2D eigenvalue weighted by atomic mass is 10.0. The standard InChI is InChI=1S/C29H47N3O7S/c1-7-9-10-11-19-32(27(36)23(17-20-40-6)31-28(37)39-29(3,4)5)25(21-12-14-22(33)15-13-21)26(35)30-18-16-24(34)38-8-2/h12-15,23,25,33H,7-11,16-20H2,1-6H3,(H,30,35)(H,31,37). The first kappa shape index (κ1) is 35.1. The zero-order chi connectivity index (χ0) is 30.1. The number of benzene rings is 1. The van der Waals surface area contributed by atoms with Crippen LogP contribution >= 0.6 is 11.8 Å². The van der Waals surface area contributed by atoms with Crippen LogP contribution in [0.3, 0.4) is 0 Å². The summed E-state index contributed by atoms with van der Waals surface area (Å²) in [6, 6.07) is 4.13. The first-order valence-corrected chi connectivity index (χ1v) is 15.3. The quantitative estimate of drug-likeness (QED) is 0.180. The van der Waals surface area contributed by atoms with Crippen LogP contribution in [0.2, 0.25) is 0 Å². The molecule has 11 heteroatoms. The van der Waals surface area contributed by atoms with E-state index in [0.717, 1.165) is 19.3 Å². The molecule has 0 bridgehead atoms. The number of esters is 1. The number of phenols is 1. The van der Waals surface area contributed by atoms with Gasteiger partial charge in [-0.05, 0) is 70.2 Å². The van der Waals surface area contributed by atoms with Crippen molar-refractivity contribution >= 4 is 35.6 Å².